The number of thiophene rings is 1. The lowest BCUT2D eigenvalue weighted by Crippen LogP contribution is -2.05. The van der Waals surface area contributed by atoms with Gasteiger partial charge in [0.1, 0.15) is 10.2 Å². The fourth-order valence-electron chi connectivity index (χ4n) is 2.18. The van der Waals surface area contributed by atoms with Crippen molar-refractivity contribution in [1.29, 1.82) is 0 Å². The van der Waals surface area contributed by atoms with Gasteiger partial charge >= 0.3 is 0 Å². The number of aliphatic hydroxyl groups is 1. The molecule has 6 heteroatoms. The van der Waals surface area contributed by atoms with Crippen LogP contribution in [0.1, 0.15) is 16.8 Å². The number of halogens is 2. The maximum atomic E-state index is 10.3. The number of fused-ring (bicyclic) bond motifs is 1. The minimum atomic E-state index is -0.598. The van der Waals surface area contributed by atoms with Crippen molar-refractivity contribution in [3.63, 3.8) is 0 Å². The molecule has 0 spiro atoms. The predicted octanol–water partition coefficient (Wildman–Crippen LogP) is 4.33. The van der Waals surface area contributed by atoms with Gasteiger partial charge in [0.05, 0.1) is 17.1 Å². The number of para-hydroxylation sites is 2. The molecular formula is C14H12BrClN2OS. The number of rotatable bonds is 3. The molecule has 0 aliphatic heterocycles. The van der Waals surface area contributed by atoms with Crippen LogP contribution in [0.3, 0.4) is 0 Å². The van der Waals surface area contributed by atoms with Gasteiger partial charge in [-0.25, -0.2) is 4.98 Å². The Morgan fingerprint density at radius 1 is 1.45 bits per heavy atom. The van der Waals surface area contributed by atoms with E-state index in [1.807, 2.05) is 41.9 Å². The van der Waals surface area contributed by atoms with Crippen LogP contribution in [0.15, 0.2) is 34.8 Å². The summed E-state index contributed by atoms with van der Waals surface area (Å²) in [4.78, 5) is 5.41. The summed E-state index contributed by atoms with van der Waals surface area (Å²) in [6, 6.07) is 9.81. The Morgan fingerprint density at radius 2 is 2.20 bits per heavy atom. The second-order valence-electron chi connectivity index (χ2n) is 4.57. The number of aliphatic hydroxyl groups excluding tert-OH is 1. The van der Waals surface area contributed by atoms with E-state index < -0.39 is 6.10 Å². The molecule has 1 aromatic carbocycles. The molecule has 1 N–H and O–H groups in total. The highest BCUT2D eigenvalue weighted by Gasteiger charge is 2.17. The summed E-state index contributed by atoms with van der Waals surface area (Å²) in [5, 5.41) is 10.3. The van der Waals surface area contributed by atoms with Crippen molar-refractivity contribution in [3.8, 4) is 0 Å². The highest BCUT2D eigenvalue weighted by Crippen LogP contribution is 2.36. The van der Waals surface area contributed by atoms with Gasteiger partial charge in [-0.1, -0.05) is 23.7 Å². The number of nitrogens with zero attached hydrogens (tertiary/aromatic N) is 2. The van der Waals surface area contributed by atoms with E-state index in [0.29, 0.717) is 10.8 Å². The fourth-order valence-corrected chi connectivity index (χ4v) is 3.90. The molecule has 3 nitrogen and oxygen atoms in total. The smallest absolute Gasteiger partial charge is 0.112 e. The Kier molecular flexibility index (Phi) is 3.86. The Hall–Kier alpha value is -0.880. The van der Waals surface area contributed by atoms with Crippen LogP contribution >= 0.6 is 38.9 Å². The van der Waals surface area contributed by atoms with Crippen molar-refractivity contribution in [3.05, 3.63) is 49.8 Å². The summed E-state index contributed by atoms with van der Waals surface area (Å²) in [6.45, 7) is 0. The molecule has 0 fully saturated rings. The minimum absolute atomic E-state index is 0.467. The number of benzene rings is 1. The maximum absolute atomic E-state index is 10.3. The summed E-state index contributed by atoms with van der Waals surface area (Å²) in [5.41, 5.74) is 2.02. The molecule has 0 aliphatic carbocycles. The standard InChI is InChI=1S/C14H12BrClN2OS/c1-18-10-5-3-2-4-9(10)17-13(18)7-11(19)12-6-8(15)14(16)20-12/h2-6,11,19H,7H2,1H3. The lowest BCUT2D eigenvalue weighted by Gasteiger charge is -2.08. The molecule has 0 saturated heterocycles. The summed E-state index contributed by atoms with van der Waals surface area (Å²) in [5.74, 6) is 0.861. The molecule has 3 aromatic rings. The number of imidazole rings is 1. The lowest BCUT2D eigenvalue weighted by molar-refractivity contribution is 0.179. The van der Waals surface area contributed by atoms with E-state index in [1.165, 1.54) is 11.3 Å². The first kappa shape index (κ1) is 14.1. The van der Waals surface area contributed by atoms with E-state index in [4.69, 9.17) is 11.6 Å². The van der Waals surface area contributed by atoms with E-state index >= 15 is 0 Å². The van der Waals surface area contributed by atoms with Gasteiger partial charge in [-0.15, -0.1) is 11.3 Å². The molecule has 3 rings (SSSR count). The van der Waals surface area contributed by atoms with E-state index in [9.17, 15) is 5.11 Å². The average molecular weight is 372 g/mol. The number of aromatic nitrogens is 2. The zero-order valence-corrected chi connectivity index (χ0v) is 13.8. The summed E-state index contributed by atoms with van der Waals surface area (Å²) < 4.78 is 3.50. The Balaban J connectivity index is 1.91. The second-order valence-corrected chi connectivity index (χ2v) is 7.11. The molecule has 2 aromatic heterocycles. The Bertz CT molecular complexity index is 748. The first-order chi connectivity index (χ1) is 9.56. The maximum Gasteiger partial charge on any atom is 0.112 e. The SMILES string of the molecule is Cn1c(CC(O)c2cc(Br)c(Cl)s2)nc2ccccc21. The lowest BCUT2D eigenvalue weighted by atomic mass is 10.2. The van der Waals surface area contributed by atoms with Gasteiger partial charge in [-0.2, -0.15) is 0 Å². The normalized spacial score (nSPS) is 13.0. The first-order valence-electron chi connectivity index (χ1n) is 6.09. The molecule has 0 bridgehead atoms. The molecule has 1 unspecified atom stereocenters. The summed E-state index contributed by atoms with van der Waals surface area (Å²) in [7, 11) is 1.97. The highest BCUT2D eigenvalue weighted by molar-refractivity contribution is 9.10. The molecule has 0 radical (unpaired) electrons. The zero-order valence-electron chi connectivity index (χ0n) is 10.7. The van der Waals surface area contributed by atoms with Gasteiger partial charge in [-0.3, -0.25) is 0 Å². The van der Waals surface area contributed by atoms with E-state index in [-0.39, 0.29) is 0 Å². The second kappa shape index (κ2) is 5.48. The molecule has 1 atom stereocenters. The van der Waals surface area contributed by atoms with Crippen molar-refractivity contribution >= 4 is 49.9 Å². The van der Waals surface area contributed by atoms with Gasteiger partial charge < -0.3 is 9.67 Å². The Morgan fingerprint density at radius 3 is 2.85 bits per heavy atom. The Labute approximate surface area is 134 Å². The minimum Gasteiger partial charge on any atom is -0.387 e. The predicted molar refractivity (Wildman–Crippen MR) is 86.4 cm³/mol. The van der Waals surface area contributed by atoms with E-state index in [0.717, 1.165) is 26.2 Å². The van der Waals surface area contributed by atoms with Crippen molar-refractivity contribution in [2.24, 2.45) is 7.05 Å². The zero-order chi connectivity index (χ0) is 14.3. The van der Waals surface area contributed by atoms with Gasteiger partial charge in [0.15, 0.2) is 0 Å². The average Bonchev–Trinajstić information content (AvgIpc) is 2.92. The van der Waals surface area contributed by atoms with Gasteiger partial charge in [-0.05, 0) is 34.1 Å². The van der Waals surface area contributed by atoms with Crippen LogP contribution in [0.2, 0.25) is 4.34 Å². The van der Waals surface area contributed by atoms with Crippen molar-refractivity contribution < 1.29 is 5.11 Å². The molecular weight excluding hydrogens is 360 g/mol. The van der Waals surface area contributed by atoms with Gasteiger partial charge in [0.25, 0.3) is 0 Å². The van der Waals surface area contributed by atoms with Crippen LogP contribution in [-0.2, 0) is 13.5 Å². The fraction of sp³-hybridized carbons (Fsp3) is 0.214. The van der Waals surface area contributed by atoms with Crippen LogP contribution in [0.25, 0.3) is 11.0 Å². The molecule has 0 saturated carbocycles. The number of hydrogen-bond donors (Lipinski definition) is 1. The van der Waals surface area contributed by atoms with Crippen molar-refractivity contribution in [2.45, 2.75) is 12.5 Å². The third-order valence-electron chi connectivity index (χ3n) is 3.25. The van der Waals surface area contributed by atoms with Gasteiger partial charge in [0.2, 0.25) is 0 Å². The topological polar surface area (TPSA) is 38.0 Å². The van der Waals surface area contributed by atoms with Crippen molar-refractivity contribution in [2.75, 3.05) is 0 Å². The van der Waals surface area contributed by atoms with E-state index in [2.05, 4.69) is 20.9 Å². The monoisotopic (exact) mass is 370 g/mol. The quantitative estimate of drug-likeness (QED) is 0.744. The first-order valence-corrected chi connectivity index (χ1v) is 8.08. The molecule has 0 amide bonds. The molecule has 20 heavy (non-hydrogen) atoms. The largest absolute Gasteiger partial charge is 0.387 e. The van der Waals surface area contributed by atoms with Crippen LogP contribution in [-0.4, -0.2) is 14.7 Å². The molecule has 2 heterocycles. The molecule has 104 valence electrons. The van der Waals surface area contributed by atoms with Crippen LogP contribution in [0.4, 0.5) is 0 Å². The molecule has 0 aliphatic rings. The third kappa shape index (κ3) is 2.51. The van der Waals surface area contributed by atoms with Crippen LogP contribution in [0, 0.1) is 0 Å². The summed E-state index contributed by atoms with van der Waals surface area (Å²) >= 11 is 10.8. The van der Waals surface area contributed by atoms with Gasteiger partial charge in [0, 0.05) is 22.8 Å². The number of hydrogen-bond acceptors (Lipinski definition) is 3. The van der Waals surface area contributed by atoms with Crippen LogP contribution in [0.5, 0.6) is 0 Å². The number of aryl methyl sites for hydroxylation is 1. The third-order valence-corrected chi connectivity index (χ3v) is 5.82. The van der Waals surface area contributed by atoms with Crippen molar-refractivity contribution in [1.82, 2.24) is 9.55 Å². The van der Waals surface area contributed by atoms with Crippen LogP contribution < -0.4 is 0 Å². The highest BCUT2D eigenvalue weighted by atomic mass is 79.9. The summed E-state index contributed by atoms with van der Waals surface area (Å²) in [6.07, 6.45) is -0.131. The van der Waals surface area contributed by atoms with E-state index in [1.54, 1.807) is 0 Å².